The lowest BCUT2D eigenvalue weighted by Crippen LogP contribution is -2.35. The van der Waals surface area contributed by atoms with E-state index in [9.17, 15) is 37.1 Å². The molecule has 2 aliphatic rings. The molecule has 147 heavy (non-hydrogen) atoms. The number of aryl methyl sites for hydroxylation is 5. The second-order valence-corrected chi connectivity index (χ2v) is 40.2. The van der Waals surface area contributed by atoms with Gasteiger partial charge in [-0.25, -0.2) is 63.0 Å². The number of hydrogen-bond acceptors (Lipinski definition) is 16. The van der Waals surface area contributed by atoms with Crippen LogP contribution in [0.5, 0.6) is 5.75 Å². The molecular formula is C118H149F3N20O6. The minimum absolute atomic E-state index is 0.0137. The Labute approximate surface area is 864 Å². The molecule has 17 rings (SSSR count). The van der Waals surface area contributed by atoms with Crippen molar-refractivity contribution in [1.82, 2.24) is 97.2 Å². The summed E-state index contributed by atoms with van der Waals surface area (Å²) in [7, 11) is 0. The van der Waals surface area contributed by atoms with Gasteiger partial charge in [-0.15, -0.1) is 0 Å². The number of fused-ring (bicyclic) bond motifs is 5. The number of carbonyl (C=O) groups is 5. The van der Waals surface area contributed by atoms with Gasteiger partial charge in [0, 0.05) is 123 Å². The van der Waals surface area contributed by atoms with Crippen molar-refractivity contribution in [2.75, 3.05) is 32.7 Å². The molecule has 5 aromatic carbocycles. The normalized spacial score (nSPS) is 12.6. The summed E-state index contributed by atoms with van der Waals surface area (Å²) in [6.45, 7) is 38.6. The van der Waals surface area contributed by atoms with Crippen molar-refractivity contribution >= 4 is 85.4 Å². The van der Waals surface area contributed by atoms with Gasteiger partial charge in [0.25, 0.3) is 29.5 Å². The predicted octanol–water partition coefficient (Wildman–Crippen LogP) is 25.8. The molecule has 0 N–H and O–H groups in total. The number of aromatic nitrogens is 15. The van der Waals surface area contributed by atoms with Crippen molar-refractivity contribution in [2.45, 2.75) is 296 Å². The fourth-order valence-electron chi connectivity index (χ4n) is 19.0. The van der Waals surface area contributed by atoms with Gasteiger partial charge in [0.1, 0.15) is 79.9 Å². The first-order chi connectivity index (χ1) is 71.1. The van der Waals surface area contributed by atoms with Crippen LogP contribution in [0.2, 0.25) is 0 Å². The quantitative estimate of drug-likeness (QED) is 0.0322. The van der Waals surface area contributed by atoms with E-state index in [1.807, 2.05) is 145 Å². The fraction of sp³-hybridized carbons (Fsp3) is 0.449. The lowest BCUT2D eigenvalue weighted by Gasteiger charge is -2.25. The van der Waals surface area contributed by atoms with E-state index in [0.29, 0.717) is 116 Å². The zero-order valence-electron chi connectivity index (χ0n) is 88.7. The summed E-state index contributed by atoms with van der Waals surface area (Å²) < 4.78 is 58.4. The lowest BCUT2D eigenvalue weighted by molar-refractivity contribution is 0.0711. The van der Waals surface area contributed by atoms with Crippen LogP contribution in [0.1, 0.15) is 316 Å². The van der Waals surface area contributed by atoms with Gasteiger partial charge in [-0.3, -0.25) is 24.0 Å². The van der Waals surface area contributed by atoms with E-state index in [0.717, 1.165) is 219 Å². The van der Waals surface area contributed by atoms with Crippen molar-refractivity contribution in [1.29, 1.82) is 0 Å². The summed E-state index contributed by atoms with van der Waals surface area (Å²) in [5.41, 5.74) is 12.3. The van der Waals surface area contributed by atoms with Crippen LogP contribution >= 0.6 is 0 Å². The second kappa shape index (κ2) is 54.5. The van der Waals surface area contributed by atoms with Crippen LogP contribution in [0, 0.1) is 49.1 Å². The molecule has 0 atom stereocenters. The summed E-state index contributed by atoms with van der Waals surface area (Å²) >= 11 is 0. The third kappa shape index (κ3) is 29.8. The van der Waals surface area contributed by atoms with Gasteiger partial charge in [0.2, 0.25) is 0 Å². The Hall–Kier alpha value is -13.9. The largest absolute Gasteiger partial charge is 0.491 e. The molecule has 10 aromatic heterocycles. The summed E-state index contributed by atoms with van der Waals surface area (Å²) in [4.78, 5) is 122. The van der Waals surface area contributed by atoms with E-state index in [1.54, 1.807) is 89.7 Å². The lowest BCUT2D eigenvalue weighted by atomic mass is 10.1. The average molecular weight is 2000 g/mol. The van der Waals surface area contributed by atoms with Gasteiger partial charge in [-0.2, -0.15) is 0 Å². The number of carbonyl (C=O) groups excluding carboxylic acids is 5. The molecule has 0 radical (unpaired) electrons. The Kier molecular flexibility index (Phi) is 40.9. The van der Waals surface area contributed by atoms with Gasteiger partial charge in [0.05, 0.1) is 38.8 Å². The fourth-order valence-corrected chi connectivity index (χ4v) is 19.0. The first-order valence-electron chi connectivity index (χ1n) is 53.2. The number of benzene rings is 5. The molecule has 2 saturated carbocycles. The number of ether oxygens (including phenoxy) is 1. The van der Waals surface area contributed by atoms with E-state index in [4.69, 9.17) is 29.7 Å². The maximum absolute atomic E-state index is 14.0. The molecule has 10 heterocycles. The molecular weight excluding hydrogens is 1850 g/mol. The maximum atomic E-state index is 14.0. The van der Waals surface area contributed by atoms with Gasteiger partial charge in [-0.1, -0.05) is 164 Å². The van der Waals surface area contributed by atoms with E-state index >= 15 is 0 Å². The van der Waals surface area contributed by atoms with E-state index in [-0.39, 0.29) is 53.2 Å². The van der Waals surface area contributed by atoms with E-state index < -0.39 is 5.82 Å². The highest BCUT2D eigenvalue weighted by molar-refractivity contribution is 5.97. The molecule has 15 aromatic rings. The highest BCUT2D eigenvalue weighted by Crippen LogP contribution is 2.37. The highest BCUT2D eigenvalue weighted by atomic mass is 19.1. The zero-order chi connectivity index (χ0) is 105. The number of amides is 5. The zero-order valence-corrected chi connectivity index (χ0v) is 88.7. The van der Waals surface area contributed by atoms with Crippen LogP contribution in [-0.2, 0) is 52.4 Å². The maximum Gasteiger partial charge on any atom is 0.254 e. The number of halogens is 3. The molecule has 2 fully saturated rings. The van der Waals surface area contributed by atoms with Crippen LogP contribution < -0.4 is 4.74 Å². The number of hydrogen-bond donors (Lipinski definition) is 0. The standard InChI is InChI=1S/C25H34N4O2.C24H29FN4O.C24H30N4O.C23H29FN4O.C22H27FN4O/c1-6-15-29-23(27-22-8-7-14-26-24(22)29)17-28(16-13-18(2)3)25(30)20-9-11-21(12-10-20)31-19(4)5;1-17(2)12-14-28(24(30)18-7-5-8-19(25)15-18)16-22-27-21-11-6-13-26-23(21)29(22)20-9-3-4-10-20;1-2-3-9-17-27(24(29)19-11-5-4-6-12-19)18-22-26-21-15-10-16-25-23(21)28(22)20-13-7-8-14-20;1-4-6-7-14-27(23(29)18-11-10-17(3)19(24)15-18)16-21-26-20-9-8-12-25-22(20)28(21)13-5-2;1-5-11-27-20(25-19-7-6-10-24-21(19)27)14-26(13-15(2)3)22(28)17-9-8-16(4)18(23)12-17/h7-12,14,18-19H,6,13,15-17H2,1-5H3;5-8,11,13,15,17,20H,3-4,9-10,12,14,16H2,1-2H3;4-6,10-12,15-16,20H,2-3,7-9,13-14,17-18H2,1H3;8-12,15H,4-7,13-14,16H2,1-3H3;6-10,12,15H,5,11,13-14H2,1-4H3. The molecule has 0 spiro atoms. The minimum Gasteiger partial charge on any atom is -0.491 e. The number of imidazole rings is 5. The Balaban J connectivity index is 0.000000154. The van der Waals surface area contributed by atoms with E-state index in [2.05, 4.69) is 124 Å². The number of rotatable bonds is 41. The van der Waals surface area contributed by atoms with Gasteiger partial charge >= 0.3 is 0 Å². The monoisotopic (exact) mass is 2000 g/mol. The average Bonchev–Trinajstić information content (AvgIpc) is 1.62. The highest BCUT2D eigenvalue weighted by Gasteiger charge is 2.32. The van der Waals surface area contributed by atoms with Crippen LogP contribution in [-0.4, -0.2) is 166 Å². The molecule has 0 aliphatic heterocycles. The number of pyridine rings is 5. The van der Waals surface area contributed by atoms with Gasteiger partial charge in [0.15, 0.2) is 28.2 Å². The SMILES string of the molecule is CC(C)CCN(Cc1nc2cccnc2n1C1CCCC1)C(=O)c1cccc(F)c1.CCCCCN(Cc1nc2cccnc2n1C1CCCC1)C(=O)c1ccccc1.CCCCCN(Cc1nc2cccnc2n1CCC)C(=O)c1ccc(C)c(F)c1.CCCn1c(CN(CC(C)C)C(=O)c2ccc(C)c(F)c2)nc2cccnc21.CCCn1c(CN(CCC(C)C)C(=O)c2ccc(OC(C)C)cc2)nc2cccnc21. The summed E-state index contributed by atoms with van der Waals surface area (Å²) in [6, 6.07) is 52.4. The number of nitrogens with zero attached hydrogens (tertiary/aromatic N) is 20. The molecule has 0 saturated heterocycles. The third-order valence-electron chi connectivity index (χ3n) is 26.6. The van der Waals surface area contributed by atoms with Crippen molar-refractivity contribution in [3.63, 3.8) is 0 Å². The van der Waals surface area contributed by atoms with Gasteiger partial charge < -0.3 is 52.1 Å². The molecule has 2 aliphatic carbocycles. The van der Waals surface area contributed by atoms with Crippen LogP contribution in [0.15, 0.2) is 207 Å². The molecule has 29 heteroatoms. The van der Waals surface area contributed by atoms with Crippen molar-refractivity contribution in [3.05, 3.63) is 292 Å². The Morgan fingerprint density at radius 1 is 0.340 bits per heavy atom. The first-order valence-corrected chi connectivity index (χ1v) is 53.2. The Morgan fingerprint density at radius 3 is 1.03 bits per heavy atom. The van der Waals surface area contributed by atoms with E-state index in [1.165, 1.54) is 49.9 Å². The summed E-state index contributed by atoms with van der Waals surface area (Å²) in [5, 5.41) is 0. The Bertz CT molecular complexity index is 6790. The summed E-state index contributed by atoms with van der Waals surface area (Å²) in [6.07, 6.45) is 29.5. The molecule has 26 nitrogen and oxygen atoms in total. The summed E-state index contributed by atoms with van der Waals surface area (Å²) in [5.74, 6) is 4.83. The molecule has 0 bridgehead atoms. The topological polar surface area (TPSA) is 264 Å². The van der Waals surface area contributed by atoms with Gasteiger partial charge in [-0.05, 0) is 267 Å². The second-order valence-electron chi connectivity index (χ2n) is 40.2. The predicted molar refractivity (Wildman–Crippen MR) is 577 cm³/mol. The first kappa shape index (κ1) is 110. The number of unbranched alkanes of at least 4 members (excludes halogenated alkanes) is 4. The van der Waals surface area contributed by atoms with Crippen LogP contribution in [0.4, 0.5) is 13.2 Å². The minimum atomic E-state index is -0.396. The van der Waals surface area contributed by atoms with Crippen molar-refractivity contribution < 1.29 is 41.9 Å². The van der Waals surface area contributed by atoms with Crippen LogP contribution in [0.25, 0.3) is 55.8 Å². The Morgan fingerprint density at radius 2 is 0.667 bits per heavy atom. The molecule has 5 amide bonds. The molecule has 0 unspecified atom stereocenters. The smallest absolute Gasteiger partial charge is 0.254 e. The third-order valence-corrected chi connectivity index (χ3v) is 26.6. The van der Waals surface area contributed by atoms with Crippen molar-refractivity contribution in [3.8, 4) is 5.75 Å². The molecule has 778 valence electrons. The van der Waals surface area contributed by atoms with Crippen molar-refractivity contribution in [2.24, 2.45) is 17.8 Å². The van der Waals surface area contributed by atoms with Crippen LogP contribution in [0.3, 0.4) is 0 Å².